The molecule has 1 aromatic rings. The summed E-state index contributed by atoms with van der Waals surface area (Å²) in [4.78, 5) is 40.3. The van der Waals surface area contributed by atoms with Crippen LogP contribution >= 0.6 is 0 Å². The second kappa shape index (κ2) is 7.41. The van der Waals surface area contributed by atoms with Crippen LogP contribution in [-0.4, -0.2) is 35.3 Å². The number of carbonyl (C=O) groups is 3. The highest BCUT2D eigenvalue weighted by Gasteiger charge is 2.58. The van der Waals surface area contributed by atoms with E-state index in [1.807, 2.05) is 13.8 Å². The van der Waals surface area contributed by atoms with E-state index < -0.39 is 6.04 Å². The largest absolute Gasteiger partial charge is 0.494 e. The lowest BCUT2D eigenvalue weighted by molar-refractivity contribution is -0.146. The quantitative estimate of drug-likeness (QED) is 0.606. The van der Waals surface area contributed by atoms with Gasteiger partial charge < -0.3 is 10.1 Å². The van der Waals surface area contributed by atoms with E-state index in [4.69, 9.17) is 4.74 Å². The third-order valence-electron chi connectivity index (χ3n) is 6.23. The maximum atomic E-state index is 13.1. The number of rotatable bonds is 6. The summed E-state index contributed by atoms with van der Waals surface area (Å²) in [6.07, 6.45) is 6.47. The molecule has 3 aliphatic carbocycles. The molecule has 0 radical (unpaired) electrons. The van der Waals surface area contributed by atoms with Gasteiger partial charge in [0.25, 0.3) is 0 Å². The zero-order chi connectivity index (χ0) is 19.8. The van der Waals surface area contributed by atoms with Crippen LogP contribution in [0.2, 0.25) is 0 Å². The van der Waals surface area contributed by atoms with E-state index in [0.29, 0.717) is 18.7 Å². The minimum absolute atomic E-state index is 0.128. The molecule has 1 N–H and O–H groups in total. The van der Waals surface area contributed by atoms with Crippen LogP contribution in [0.3, 0.4) is 0 Å². The number of hydrogen-bond donors (Lipinski definition) is 1. The summed E-state index contributed by atoms with van der Waals surface area (Å²) in [6, 6.07) is 6.30. The average Bonchev–Trinajstić information content (AvgIpc) is 2.99. The van der Waals surface area contributed by atoms with E-state index in [9.17, 15) is 14.4 Å². The van der Waals surface area contributed by atoms with Gasteiger partial charge in [-0.15, -0.1) is 0 Å². The molecule has 6 heteroatoms. The van der Waals surface area contributed by atoms with E-state index in [-0.39, 0.29) is 41.4 Å². The van der Waals surface area contributed by atoms with Crippen molar-refractivity contribution in [1.82, 2.24) is 4.90 Å². The van der Waals surface area contributed by atoms with Gasteiger partial charge in [0.1, 0.15) is 11.8 Å². The Morgan fingerprint density at radius 1 is 1.07 bits per heavy atom. The highest BCUT2D eigenvalue weighted by molar-refractivity contribution is 6.10. The molecule has 5 atom stereocenters. The lowest BCUT2D eigenvalue weighted by Crippen LogP contribution is -2.47. The Hall–Kier alpha value is -2.63. The average molecular weight is 382 g/mol. The predicted octanol–water partition coefficient (Wildman–Crippen LogP) is 3.00. The molecule has 148 valence electrons. The van der Waals surface area contributed by atoms with Gasteiger partial charge in [0, 0.05) is 5.69 Å². The molecule has 3 amide bonds. The zero-order valence-corrected chi connectivity index (χ0v) is 16.3. The summed E-state index contributed by atoms with van der Waals surface area (Å²) in [5.74, 6) is -0.277. The molecule has 0 aromatic heterocycles. The molecular weight excluding hydrogens is 356 g/mol. The van der Waals surface area contributed by atoms with E-state index >= 15 is 0 Å². The van der Waals surface area contributed by atoms with Gasteiger partial charge in [0.2, 0.25) is 17.7 Å². The minimum Gasteiger partial charge on any atom is -0.494 e. The molecule has 0 spiro atoms. The number of nitrogens with one attached hydrogen (secondary N) is 1. The van der Waals surface area contributed by atoms with Crippen LogP contribution in [0, 0.1) is 23.7 Å². The van der Waals surface area contributed by atoms with Gasteiger partial charge in [-0.1, -0.05) is 19.1 Å². The van der Waals surface area contributed by atoms with Crippen molar-refractivity contribution in [2.75, 3.05) is 11.9 Å². The van der Waals surface area contributed by atoms with E-state index in [0.717, 1.165) is 18.6 Å². The Morgan fingerprint density at radius 2 is 1.64 bits per heavy atom. The van der Waals surface area contributed by atoms with Crippen LogP contribution in [-0.2, 0) is 14.4 Å². The van der Waals surface area contributed by atoms with Gasteiger partial charge >= 0.3 is 0 Å². The molecule has 1 saturated carbocycles. The van der Waals surface area contributed by atoms with Crippen LogP contribution in [0.4, 0.5) is 5.69 Å². The number of imide groups is 1. The minimum atomic E-state index is -0.781. The van der Waals surface area contributed by atoms with E-state index in [1.165, 1.54) is 4.90 Å². The highest BCUT2D eigenvalue weighted by Crippen LogP contribution is 2.50. The van der Waals surface area contributed by atoms with E-state index in [2.05, 4.69) is 17.5 Å². The van der Waals surface area contributed by atoms with Crippen LogP contribution < -0.4 is 10.1 Å². The first-order valence-electron chi connectivity index (χ1n) is 10.1. The maximum Gasteiger partial charge on any atom is 0.247 e. The van der Waals surface area contributed by atoms with Crippen molar-refractivity contribution in [2.24, 2.45) is 23.7 Å². The van der Waals surface area contributed by atoms with Crippen molar-refractivity contribution in [3.05, 3.63) is 36.4 Å². The summed E-state index contributed by atoms with van der Waals surface area (Å²) in [5, 5.41) is 2.84. The molecule has 0 unspecified atom stereocenters. The standard InChI is InChI=1S/C22H26N2O4/c1-3-17(20(25)23-15-9-11-16(12-10-15)28-4-2)24-21(26)18-13-5-6-14(8-7-13)19(18)22(24)27/h5-6,9-14,17-19H,3-4,7-8H2,1-2H3,(H,23,25)/t13-,14-,17+,18-,19+/m0/s1. The topological polar surface area (TPSA) is 75.7 Å². The Morgan fingerprint density at radius 3 is 2.11 bits per heavy atom. The molecule has 2 bridgehead atoms. The molecule has 4 aliphatic rings. The van der Waals surface area contributed by atoms with Crippen molar-refractivity contribution in [3.8, 4) is 5.75 Å². The number of carbonyl (C=O) groups excluding carboxylic acids is 3. The van der Waals surface area contributed by atoms with Crippen LogP contribution in [0.15, 0.2) is 36.4 Å². The molecule has 1 aromatic carbocycles. The fourth-order valence-electron chi connectivity index (χ4n) is 4.92. The first kappa shape index (κ1) is 18.7. The number of allylic oxidation sites excluding steroid dienone is 2. The Bertz CT molecular complexity index is 784. The van der Waals surface area contributed by atoms with Crippen molar-refractivity contribution in [3.63, 3.8) is 0 Å². The van der Waals surface area contributed by atoms with Crippen molar-refractivity contribution < 1.29 is 19.1 Å². The van der Waals surface area contributed by atoms with Crippen LogP contribution in [0.1, 0.15) is 33.1 Å². The summed E-state index contributed by atoms with van der Waals surface area (Å²) in [6.45, 7) is 4.31. The van der Waals surface area contributed by atoms with Gasteiger partial charge in [-0.25, -0.2) is 0 Å². The summed E-state index contributed by atoms with van der Waals surface area (Å²) in [5.41, 5.74) is 0.616. The van der Waals surface area contributed by atoms with Gasteiger partial charge in [0.05, 0.1) is 18.4 Å². The zero-order valence-electron chi connectivity index (χ0n) is 16.3. The molecular formula is C22H26N2O4. The third kappa shape index (κ3) is 3.01. The molecule has 1 aliphatic heterocycles. The monoisotopic (exact) mass is 382 g/mol. The fraction of sp³-hybridized carbons (Fsp3) is 0.500. The molecule has 6 nitrogen and oxygen atoms in total. The molecule has 1 heterocycles. The second-order valence-corrected chi connectivity index (χ2v) is 7.76. The summed E-state index contributed by atoms with van der Waals surface area (Å²) in [7, 11) is 0. The highest BCUT2D eigenvalue weighted by atomic mass is 16.5. The number of fused-ring (bicyclic) bond motifs is 1. The smallest absolute Gasteiger partial charge is 0.247 e. The SMILES string of the molecule is CCOc1ccc(NC(=O)[C@@H](CC)N2C(=O)[C@@H]3[C@H](C2=O)[C@H]2C=C[C@H]3CC2)cc1. The molecule has 2 fully saturated rings. The number of benzene rings is 1. The summed E-state index contributed by atoms with van der Waals surface area (Å²) < 4.78 is 5.41. The first-order chi connectivity index (χ1) is 13.5. The molecule has 1 saturated heterocycles. The number of nitrogens with zero attached hydrogens (tertiary/aromatic N) is 1. The van der Waals surface area contributed by atoms with Crippen LogP contribution in [0.25, 0.3) is 0 Å². The second-order valence-electron chi connectivity index (χ2n) is 7.76. The van der Waals surface area contributed by atoms with E-state index in [1.54, 1.807) is 24.3 Å². The number of hydrogen-bond acceptors (Lipinski definition) is 4. The number of ether oxygens (including phenoxy) is 1. The van der Waals surface area contributed by atoms with Crippen molar-refractivity contribution in [1.29, 1.82) is 0 Å². The fourth-order valence-corrected chi connectivity index (χ4v) is 4.92. The lowest BCUT2D eigenvalue weighted by Gasteiger charge is -2.38. The summed E-state index contributed by atoms with van der Waals surface area (Å²) >= 11 is 0. The number of amides is 3. The molecule has 5 rings (SSSR count). The van der Waals surface area contributed by atoms with Gasteiger partial charge in [0.15, 0.2) is 0 Å². The van der Waals surface area contributed by atoms with Gasteiger partial charge in [-0.2, -0.15) is 0 Å². The Balaban J connectivity index is 1.51. The molecule has 28 heavy (non-hydrogen) atoms. The number of likely N-dealkylation sites (tertiary alicyclic amines) is 1. The predicted molar refractivity (Wildman–Crippen MR) is 105 cm³/mol. The normalized spacial score (nSPS) is 29.0. The number of anilines is 1. The third-order valence-corrected chi connectivity index (χ3v) is 6.23. The Labute approximate surface area is 164 Å². The van der Waals surface area contributed by atoms with Crippen molar-refractivity contribution >= 4 is 23.4 Å². The van der Waals surface area contributed by atoms with Crippen LogP contribution in [0.5, 0.6) is 5.75 Å². The van der Waals surface area contributed by atoms with Crippen molar-refractivity contribution in [2.45, 2.75) is 39.2 Å². The lowest BCUT2D eigenvalue weighted by atomic mass is 9.63. The van der Waals surface area contributed by atoms with Gasteiger partial charge in [-0.05, 0) is 62.3 Å². The van der Waals surface area contributed by atoms with Gasteiger partial charge in [-0.3, -0.25) is 19.3 Å². The Kier molecular flexibility index (Phi) is 4.96. The maximum absolute atomic E-state index is 13.1. The first-order valence-corrected chi connectivity index (χ1v) is 10.1.